The van der Waals surface area contributed by atoms with E-state index in [1.165, 1.54) is 0 Å². The van der Waals surface area contributed by atoms with Crippen LogP contribution < -0.4 is 5.32 Å². The van der Waals surface area contributed by atoms with Gasteiger partial charge in [-0.1, -0.05) is 0 Å². The highest BCUT2D eigenvalue weighted by Gasteiger charge is 2.24. The summed E-state index contributed by atoms with van der Waals surface area (Å²) in [7, 11) is 1.97. The number of amides is 1. The quantitative estimate of drug-likeness (QED) is 0.650. The molecule has 1 aromatic heterocycles. The first-order chi connectivity index (χ1) is 8.52. The smallest absolute Gasteiger partial charge is 0.262 e. The average molecular weight is 243 g/mol. The molecule has 94 valence electrons. The van der Waals surface area contributed by atoms with Crippen LogP contribution in [0.3, 0.4) is 0 Å². The Hall–Kier alpha value is -2.02. The Kier molecular flexibility index (Phi) is 3.24. The van der Waals surface area contributed by atoms with Crippen LogP contribution in [0.4, 0.5) is 0 Å². The number of nitriles is 1. The van der Waals surface area contributed by atoms with E-state index in [0.717, 1.165) is 29.8 Å². The fourth-order valence-corrected chi connectivity index (χ4v) is 1.83. The standard InChI is InChI=1S/C14H17N3O/c1-9-6-11(10(2)17(9)3)7-12(8-15)14(18)16-13-4-5-13/h6-7,13H,4-5H2,1-3H3,(H,16,18)/b12-7+. The Balaban J connectivity index is 2.25. The van der Waals surface area contributed by atoms with Crippen molar-refractivity contribution in [2.75, 3.05) is 0 Å². The molecule has 4 nitrogen and oxygen atoms in total. The van der Waals surface area contributed by atoms with Gasteiger partial charge >= 0.3 is 0 Å². The molecule has 1 amide bonds. The minimum Gasteiger partial charge on any atom is -0.352 e. The van der Waals surface area contributed by atoms with E-state index in [2.05, 4.69) is 5.32 Å². The molecule has 1 heterocycles. The molecule has 1 aliphatic carbocycles. The van der Waals surface area contributed by atoms with E-state index >= 15 is 0 Å². The molecule has 1 saturated carbocycles. The molecule has 0 aliphatic heterocycles. The van der Waals surface area contributed by atoms with Crippen molar-refractivity contribution in [1.29, 1.82) is 5.26 Å². The van der Waals surface area contributed by atoms with Crippen molar-refractivity contribution in [2.45, 2.75) is 32.7 Å². The van der Waals surface area contributed by atoms with Crippen molar-refractivity contribution in [3.8, 4) is 6.07 Å². The van der Waals surface area contributed by atoms with Gasteiger partial charge in [-0.2, -0.15) is 5.26 Å². The predicted molar refractivity (Wildman–Crippen MR) is 69.6 cm³/mol. The highest BCUT2D eigenvalue weighted by molar-refractivity contribution is 6.02. The molecular weight excluding hydrogens is 226 g/mol. The monoisotopic (exact) mass is 243 g/mol. The maximum atomic E-state index is 11.8. The fourth-order valence-electron chi connectivity index (χ4n) is 1.83. The van der Waals surface area contributed by atoms with Gasteiger partial charge in [0.25, 0.3) is 5.91 Å². The highest BCUT2D eigenvalue weighted by Crippen LogP contribution is 2.20. The molecule has 0 saturated heterocycles. The molecule has 0 bridgehead atoms. The van der Waals surface area contributed by atoms with Crippen molar-refractivity contribution in [2.24, 2.45) is 7.05 Å². The number of aryl methyl sites for hydroxylation is 1. The molecule has 1 N–H and O–H groups in total. The van der Waals surface area contributed by atoms with Crippen molar-refractivity contribution in [3.05, 3.63) is 28.6 Å². The molecule has 0 aromatic carbocycles. The molecule has 0 atom stereocenters. The van der Waals surface area contributed by atoms with Gasteiger partial charge in [0.05, 0.1) is 0 Å². The maximum Gasteiger partial charge on any atom is 0.262 e. The number of rotatable bonds is 3. The summed E-state index contributed by atoms with van der Waals surface area (Å²) >= 11 is 0. The number of aromatic nitrogens is 1. The van der Waals surface area contributed by atoms with E-state index in [1.54, 1.807) is 6.08 Å². The molecule has 1 fully saturated rings. The summed E-state index contributed by atoms with van der Waals surface area (Å²) in [5.74, 6) is -0.263. The minimum atomic E-state index is -0.263. The summed E-state index contributed by atoms with van der Waals surface area (Å²) < 4.78 is 2.04. The van der Waals surface area contributed by atoms with Crippen molar-refractivity contribution in [1.82, 2.24) is 9.88 Å². The first-order valence-corrected chi connectivity index (χ1v) is 6.08. The van der Waals surface area contributed by atoms with Crippen LogP contribution in [0.15, 0.2) is 11.6 Å². The second-order valence-corrected chi connectivity index (χ2v) is 4.80. The summed E-state index contributed by atoms with van der Waals surface area (Å²) in [5.41, 5.74) is 3.27. The lowest BCUT2D eigenvalue weighted by atomic mass is 10.1. The highest BCUT2D eigenvalue weighted by atomic mass is 16.1. The zero-order valence-electron chi connectivity index (χ0n) is 10.9. The molecule has 18 heavy (non-hydrogen) atoms. The number of carbonyl (C=O) groups is 1. The van der Waals surface area contributed by atoms with Gasteiger partial charge in [-0.3, -0.25) is 4.79 Å². The van der Waals surface area contributed by atoms with Gasteiger partial charge < -0.3 is 9.88 Å². The van der Waals surface area contributed by atoms with Gasteiger partial charge in [-0.15, -0.1) is 0 Å². The first kappa shape index (κ1) is 12.4. The predicted octanol–water partition coefficient (Wildman–Crippen LogP) is 1.83. The molecule has 1 aliphatic rings. The molecule has 0 radical (unpaired) electrons. The van der Waals surface area contributed by atoms with Crippen LogP contribution in [0, 0.1) is 25.2 Å². The number of carbonyl (C=O) groups excluding carboxylic acids is 1. The summed E-state index contributed by atoms with van der Waals surface area (Å²) in [6.45, 7) is 3.98. The first-order valence-electron chi connectivity index (χ1n) is 6.08. The van der Waals surface area contributed by atoms with Crippen molar-refractivity contribution >= 4 is 12.0 Å². The molecular formula is C14H17N3O. The van der Waals surface area contributed by atoms with E-state index in [0.29, 0.717) is 0 Å². The van der Waals surface area contributed by atoms with Gasteiger partial charge in [0.1, 0.15) is 11.6 Å². The average Bonchev–Trinajstić information content (AvgIpc) is 3.11. The second-order valence-electron chi connectivity index (χ2n) is 4.80. The van der Waals surface area contributed by atoms with E-state index in [4.69, 9.17) is 5.26 Å². The number of hydrogen-bond donors (Lipinski definition) is 1. The Bertz CT molecular complexity index is 556. The largest absolute Gasteiger partial charge is 0.352 e. The van der Waals surface area contributed by atoms with Crippen molar-refractivity contribution in [3.63, 3.8) is 0 Å². The number of hydrogen-bond acceptors (Lipinski definition) is 2. The number of nitrogens with one attached hydrogen (secondary N) is 1. The van der Waals surface area contributed by atoms with E-state index in [-0.39, 0.29) is 17.5 Å². The van der Waals surface area contributed by atoms with Crippen molar-refractivity contribution < 1.29 is 4.79 Å². The lowest BCUT2D eigenvalue weighted by Gasteiger charge is -2.02. The van der Waals surface area contributed by atoms with Gasteiger partial charge in [-0.25, -0.2) is 0 Å². The Morgan fingerprint density at radius 1 is 1.56 bits per heavy atom. The lowest BCUT2D eigenvalue weighted by molar-refractivity contribution is -0.117. The van der Waals surface area contributed by atoms with Crippen LogP contribution in [-0.2, 0) is 11.8 Å². The van der Waals surface area contributed by atoms with Crippen LogP contribution in [0.2, 0.25) is 0 Å². The Morgan fingerprint density at radius 3 is 2.67 bits per heavy atom. The van der Waals surface area contributed by atoms with Gasteiger partial charge in [0.15, 0.2) is 0 Å². The number of nitrogens with zero attached hydrogens (tertiary/aromatic N) is 2. The van der Waals surface area contributed by atoms with E-state index in [1.807, 2.05) is 37.6 Å². The van der Waals surface area contributed by atoms with Gasteiger partial charge in [-0.05, 0) is 44.4 Å². The van der Waals surface area contributed by atoms with Crippen LogP contribution in [0.1, 0.15) is 29.8 Å². The Morgan fingerprint density at radius 2 is 2.22 bits per heavy atom. The van der Waals surface area contributed by atoms with E-state index in [9.17, 15) is 4.79 Å². The summed E-state index contributed by atoms with van der Waals surface area (Å²) in [5, 5.41) is 11.9. The summed E-state index contributed by atoms with van der Waals surface area (Å²) in [4.78, 5) is 11.8. The molecule has 2 rings (SSSR count). The Labute approximate surface area is 107 Å². The maximum absolute atomic E-state index is 11.8. The third-order valence-corrected chi connectivity index (χ3v) is 3.39. The zero-order chi connectivity index (χ0) is 13.3. The van der Waals surface area contributed by atoms with Gasteiger partial charge in [0.2, 0.25) is 0 Å². The molecule has 4 heteroatoms. The third kappa shape index (κ3) is 2.45. The van der Waals surface area contributed by atoms with Crippen LogP contribution in [0.5, 0.6) is 0 Å². The van der Waals surface area contributed by atoms with Crippen LogP contribution in [0.25, 0.3) is 6.08 Å². The molecule has 0 unspecified atom stereocenters. The summed E-state index contributed by atoms with van der Waals surface area (Å²) in [6.07, 6.45) is 3.71. The third-order valence-electron chi connectivity index (χ3n) is 3.39. The fraction of sp³-hybridized carbons (Fsp3) is 0.429. The van der Waals surface area contributed by atoms with Crippen LogP contribution >= 0.6 is 0 Å². The molecule has 0 spiro atoms. The summed E-state index contributed by atoms with van der Waals surface area (Å²) in [6, 6.07) is 4.23. The lowest BCUT2D eigenvalue weighted by Crippen LogP contribution is -2.26. The van der Waals surface area contributed by atoms with Crippen LogP contribution in [-0.4, -0.2) is 16.5 Å². The van der Waals surface area contributed by atoms with Gasteiger partial charge in [0, 0.05) is 24.5 Å². The minimum absolute atomic E-state index is 0.176. The van der Waals surface area contributed by atoms with E-state index < -0.39 is 0 Å². The SMILES string of the molecule is Cc1cc(/C=C(\C#N)C(=O)NC2CC2)c(C)n1C. The second kappa shape index (κ2) is 4.69. The molecule has 1 aromatic rings. The topological polar surface area (TPSA) is 57.8 Å². The zero-order valence-corrected chi connectivity index (χ0v) is 10.9. The normalized spacial score (nSPS) is 15.3.